The molecule has 3 heteroatoms. The summed E-state index contributed by atoms with van der Waals surface area (Å²) in [5.41, 5.74) is 0.916. The van der Waals surface area contributed by atoms with Gasteiger partial charge in [0, 0.05) is 18.7 Å². The maximum atomic E-state index is 9.47. The van der Waals surface area contributed by atoms with Gasteiger partial charge in [-0.05, 0) is 44.6 Å². The third kappa shape index (κ3) is 2.58. The first kappa shape index (κ1) is 13.1. The van der Waals surface area contributed by atoms with Crippen LogP contribution in [-0.2, 0) is 6.42 Å². The van der Waals surface area contributed by atoms with E-state index in [1.165, 1.54) is 6.42 Å². The molecule has 3 atom stereocenters. The third-order valence-corrected chi connectivity index (χ3v) is 4.32. The smallest absolute Gasteiger partial charge is 0.0693 e. The summed E-state index contributed by atoms with van der Waals surface area (Å²) in [7, 11) is 0. The molecule has 3 nitrogen and oxygen atoms in total. The first-order valence-corrected chi connectivity index (χ1v) is 7.04. The Hall–Kier alpha value is -1.30. The molecule has 0 spiro atoms. The minimum absolute atomic E-state index is 0.159. The van der Waals surface area contributed by atoms with Crippen molar-refractivity contribution in [3.05, 3.63) is 18.0 Å². The van der Waals surface area contributed by atoms with Crippen molar-refractivity contribution in [2.45, 2.75) is 58.9 Å². The van der Waals surface area contributed by atoms with Crippen molar-refractivity contribution in [1.29, 1.82) is 5.26 Å². The second-order valence-corrected chi connectivity index (χ2v) is 5.96. The van der Waals surface area contributed by atoms with Gasteiger partial charge in [0.05, 0.1) is 17.2 Å². The van der Waals surface area contributed by atoms with E-state index in [0.29, 0.717) is 12.0 Å². The van der Waals surface area contributed by atoms with Crippen LogP contribution in [0.3, 0.4) is 0 Å². The first-order valence-electron chi connectivity index (χ1n) is 7.04. The van der Waals surface area contributed by atoms with Crippen molar-refractivity contribution < 1.29 is 0 Å². The number of aromatic nitrogens is 2. The van der Waals surface area contributed by atoms with E-state index in [1.807, 2.05) is 10.9 Å². The van der Waals surface area contributed by atoms with Crippen molar-refractivity contribution in [1.82, 2.24) is 9.78 Å². The summed E-state index contributed by atoms with van der Waals surface area (Å²) in [6, 6.07) is 5.08. The quantitative estimate of drug-likeness (QED) is 0.811. The molecule has 1 saturated carbocycles. The molecule has 0 radical (unpaired) electrons. The topological polar surface area (TPSA) is 41.6 Å². The van der Waals surface area contributed by atoms with Gasteiger partial charge in [0.1, 0.15) is 0 Å². The van der Waals surface area contributed by atoms with E-state index in [4.69, 9.17) is 0 Å². The molecule has 0 aliphatic heterocycles. The summed E-state index contributed by atoms with van der Waals surface area (Å²) < 4.78 is 2.03. The van der Waals surface area contributed by atoms with E-state index >= 15 is 0 Å². The van der Waals surface area contributed by atoms with Crippen LogP contribution in [0.15, 0.2) is 12.3 Å². The monoisotopic (exact) mass is 245 g/mol. The fraction of sp³-hybridized carbons (Fsp3) is 0.733. The average molecular weight is 245 g/mol. The molecule has 0 saturated heterocycles. The van der Waals surface area contributed by atoms with Crippen LogP contribution in [0.5, 0.6) is 0 Å². The van der Waals surface area contributed by atoms with Crippen molar-refractivity contribution in [2.75, 3.05) is 0 Å². The van der Waals surface area contributed by atoms with E-state index < -0.39 is 0 Å². The highest BCUT2D eigenvalue weighted by Gasteiger charge is 2.38. The van der Waals surface area contributed by atoms with Crippen LogP contribution in [0.25, 0.3) is 0 Å². The maximum Gasteiger partial charge on any atom is 0.0693 e. The van der Waals surface area contributed by atoms with E-state index in [1.54, 1.807) is 0 Å². The average Bonchev–Trinajstić information content (AvgIpc) is 2.97. The van der Waals surface area contributed by atoms with Gasteiger partial charge >= 0.3 is 0 Å². The molecule has 98 valence electrons. The predicted molar refractivity (Wildman–Crippen MR) is 72.0 cm³/mol. The molecule has 1 aliphatic rings. The Morgan fingerprint density at radius 2 is 2.44 bits per heavy atom. The van der Waals surface area contributed by atoms with Gasteiger partial charge in [0.25, 0.3) is 0 Å². The molecule has 1 aromatic rings. The molecule has 0 amide bonds. The van der Waals surface area contributed by atoms with Gasteiger partial charge in [-0.25, -0.2) is 0 Å². The Morgan fingerprint density at radius 1 is 1.67 bits per heavy atom. The summed E-state index contributed by atoms with van der Waals surface area (Å²) in [5.74, 6) is 0.682. The van der Waals surface area contributed by atoms with Crippen molar-refractivity contribution in [2.24, 2.45) is 11.3 Å². The third-order valence-electron chi connectivity index (χ3n) is 4.32. The molecule has 2 rings (SSSR count). The fourth-order valence-corrected chi connectivity index (χ4v) is 2.95. The normalized spacial score (nSPS) is 29.1. The van der Waals surface area contributed by atoms with Crippen molar-refractivity contribution in [3.8, 4) is 6.07 Å². The van der Waals surface area contributed by atoms with E-state index in [9.17, 15) is 5.26 Å². The van der Waals surface area contributed by atoms with Gasteiger partial charge < -0.3 is 0 Å². The Kier molecular flexibility index (Phi) is 3.75. The standard InChI is InChI=1S/C15H23N3/c1-4-13(3)18-8-6-14(17-18)10-15(11-16)7-5-12(2)9-15/h6,8,12-13H,4-5,7,9-10H2,1-3H3. The van der Waals surface area contributed by atoms with Crippen LogP contribution in [-0.4, -0.2) is 9.78 Å². The van der Waals surface area contributed by atoms with E-state index in [-0.39, 0.29) is 5.41 Å². The van der Waals surface area contributed by atoms with Crippen LogP contribution in [0.2, 0.25) is 0 Å². The lowest BCUT2D eigenvalue weighted by Crippen LogP contribution is -2.18. The Bertz CT molecular complexity index is 443. The molecule has 0 bridgehead atoms. The SMILES string of the molecule is CCC(C)n1ccc(CC2(C#N)CCC(C)C2)n1. The van der Waals surface area contributed by atoms with Crippen LogP contribution < -0.4 is 0 Å². The molecular formula is C15H23N3. The lowest BCUT2D eigenvalue weighted by molar-refractivity contribution is 0.381. The summed E-state index contributed by atoms with van der Waals surface area (Å²) >= 11 is 0. The Balaban J connectivity index is 2.09. The predicted octanol–water partition coefficient (Wildman–Crippen LogP) is 3.73. The molecule has 1 heterocycles. The van der Waals surface area contributed by atoms with Crippen molar-refractivity contribution in [3.63, 3.8) is 0 Å². The molecular weight excluding hydrogens is 222 g/mol. The first-order chi connectivity index (χ1) is 8.58. The maximum absolute atomic E-state index is 9.47. The van der Waals surface area contributed by atoms with E-state index in [2.05, 4.69) is 38.0 Å². The van der Waals surface area contributed by atoms with Gasteiger partial charge in [-0.2, -0.15) is 10.4 Å². The minimum atomic E-state index is -0.159. The molecule has 3 unspecified atom stereocenters. The fourth-order valence-electron chi connectivity index (χ4n) is 2.95. The minimum Gasteiger partial charge on any atom is -0.270 e. The molecule has 1 aromatic heterocycles. The number of nitriles is 1. The highest BCUT2D eigenvalue weighted by molar-refractivity contribution is 5.12. The van der Waals surface area contributed by atoms with Gasteiger partial charge in [-0.3, -0.25) is 4.68 Å². The summed E-state index contributed by atoms with van der Waals surface area (Å²) in [6.07, 6.45) is 7.19. The van der Waals surface area contributed by atoms with Gasteiger partial charge in [-0.1, -0.05) is 13.8 Å². The Morgan fingerprint density at radius 3 is 3.00 bits per heavy atom. The molecule has 1 fully saturated rings. The van der Waals surface area contributed by atoms with Crippen LogP contribution in [0, 0.1) is 22.7 Å². The molecule has 18 heavy (non-hydrogen) atoms. The second-order valence-electron chi connectivity index (χ2n) is 5.96. The number of hydrogen-bond donors (Lipinski definition) is 0. The second kappa shape index (κ2) is 5.14. The molecule has 0 aromatic carbocycles. The lowest BCUT2D eigenvalue weighted by Gasteiger charge is -2.19. The van der Waals surface area contributed by atoms with E-state index in [0.717, 1.165) is 31.4 Å². The zero-order valence-corrected chi connectivity index (χ0v) is 11.7. The largest absolute Gasteiger partial charge is 0.270 e. The summed E-state index contributed by atoms with van der Waals surface area (Å²) in [6.45, 7) is 6.59. The number of nitrogens with zero attached hydrogens (tertiary/aromatic N) is 3. The molecule has 1 aliphatic carbocycles. The van der Waals surface area contributed by atoms with Crippen LogP contribution in [0.4, 0.5) is 0 Å². The highest BCUT2D eigenvalue weighted by atomic mass is 15.3. The van der Waals surface area contributed by atoms with Crippen LogP contribution >= 0.6 is 0 Å². The number of rotatable bonds is 4. The van der Waals surface area contributed by atoms with Crippen molar-refractivity contribution >= 4 is 0 Å². The zero-order chi connectivity index (χ0) is 13.2. The van der Waals surface area contributed by atoms with Gasteiger partial charge in [0.2, 0.25) is 0 Å². The Labute approximate surface area is 110 Å². The summed E-state index contributed by atoms with van der Waals surface area (Å²) in [4.78, 5) is 0. The lowest BCUT2D eigenvalue weighted by atomic mass is 9.82. The number of hydrogen-bond acceptors (Lipinski definition) is 2. The van der Waals surface area contributed by atoms with Gasteiger partial charge in [-0.15, -0.1) is 0 Å². The van der Waals surface area contributed by atoms with Gasteiger partial charge in [0.15, 0.2) is 0 Å². The zero-order valence-electron chi connectivity index (χ0n) is 11.7. The molecule has 0 N–H and O–H groups in total. The van der Waals surface area contributed by atoms with Crippen LogP contribution in [0.1, 0.15) is 58.2 Å². The summed E-state index contributed by atoms with van der Waals surface area (Å²) in [5, 5.41) is 14.1. The highest BCUT2D eigenvalue weighted by Crippen LogP contribution is 2.43.